The maximum atomic E-state index is 4.94. The van der Waals surface area contributed by atoms with Gasteiger partial charge in [0.2, 0.25) is 0 Å². The minimum atomic E-state index is 0.691. The molecule has 1 rings (SSSR count). The summed E-state index contributed by atoms with van der Waals surface area (Å²) in [5.74, 6) is 0. The summed E-state index contributed by atoms with van der Waals surface area (Å²) >= 11 is 6.58. The summed E-state index contributed by atoms with van der Waals surface area (Å²) in [5, 5.41) is 12.0. The molecular formula is C9H16N4S2. The van der Waals surface area contributed by atoms with Gasteiger partial charge in [-0.2, -0.15) is 0 Å². The van der Waals surface area contributed by atoms with E-state index in [4.69, 9.17) is 12.2 Å². The van der Waals surface area contributed by atoms with Crippen LogP contribution in [-0.2, 0) is 6.42 Å². The zero-order valence-electron chi connectivity index (χ0n) is 8.75. The Morgan fingerprint density at radius 2 is 2.33 bits per heavy atom. The van der Waals surface area contributed by atoms with E-state index in [0.29, 0.717) is 5.11 Å². The number of thiocarbonyl (C=S) groups is 1. The third-order valence-electron chi connectivity index (χ3n) is 1.86. The SMILES string of the molecule is CNC(=S)NCCNCCc1cscn1. The Bertz CT molecular complexity index is 274. The number of aromatic nitrogens is 1. The number of hydrogen-bond acceptors (Lipinski definition) is 4. The number of nitrogens with one attached hydrogen (secondary N) is 3. The van der Waals surface area contributed by atoms with Crippen LogP contribution < -0.4 is 16.0 Å². The van der Waals surface area contributed by atoms with Crippen LogP contribution in [0.15, 0.2) is 10.9 Å². The quantitative estimate of drug-likeness (QED) is 0.498. The highest BCUT2D eigenvalue weighted by Crippen LogP contribution is 2.00. The molecule has 1 heterocycles. The fourth-order valence-electron chi connectivity index (χ4n) is 1.06. The van der Waals surface area contributed by atoms with E-state index >= 15 is 0 Å². The van der Waals surface area contributed by atoms with Gasteiger partial charge in [0.05, 0.1) is 11.2 Å². The standard InChI is InChI=1S/C9H16N4S2/c1-10-9(14)12-5-4-11-3-2-8-6-15-7-13-8/h6-7,11H,2-5H2,1H3,(H2,10,12,14). The molecule has 0 bridgehead atoms. The van der Waals surface area contributed by atoms with Crippen molar-refractivity contribution < 1.29 is 0 Å². The highest BCUT2D eigenvalue weighted by atomic mass is 32.1. The fourth-order valence-corrected chi connectivity index (χ4v) is 1.75. The smallest absolute Gasteiger partial charge is 0.166 e. The number of nitrogens with zero attached hydrogens (tertiary/aromatic N) is 1. The van der Waals surface area contributed by atoms with Crippen molar-refractivity contribution in [1.29, 1.82) is 0 Å². The second-order valence-corrected chi connectivity index (χ2v) is 4.11. The largest absolute Gasteiger partial charge is 0.366 e. The highest BCUT2D eigenvalue weighted by Gasteiger charge is 1.94. The summed E-state index contributed by atoms with van der Waals surface area (Å²) in [6.07, 6.45) is 0.986. The average molecular weight is 244 g/mol. The molecule has 4 nitrogen and oxygen atoms in total. The molecular weight excluding hydrogens is 228 g/mol. The first-order valence-electron chi connectivity index (χ1n) is 4.86. The molecule has 6 heteroatoms. The lowest BCUT2D eigenvalue weighted by Crippen LogP contribution is -2.37. The predicted octanol–water partition coefficient (Wildman–Crippen LogP) is 0.369. The van der Waals surface area contributed by atoms with Gasteiger partial charge in [0.25, 0.3) is 0 Å². The van der Waals surface area contributed by atoms with Crippen LogP contribution in [0.3, 0.4) is 0 Å². The molecule has 0 aliphatic carbocycles. The van der Waals surface area contributed by atoms with Crippen LogP contribution in [0.4, 0.5) is 0 Å². The van der Waals surface area contributed by atoms with Gasteiger partial charge in [0.15, 0.2) is 5.11 Å². The molecule has 0 fully saturated rings. The van der Waals surface area contributed by atoms with E-state index in [1.807, 2.05) is 12.6 Å². The molecule has 0 aliphatic rings. The second-order valence-electron chi connectivity index (χ2n) is 2.99. The lowest BCUT2D eigenvalue weighted by molar-refractivity contribution is 0.663. The van der Waals surface area contributed by atoms with Crippen molar-refractivity contribution in [2.24, 2.45) is 0 Å². The summed E-state index contributed by atoms with van der Waals surface area (Å²) in [6.45, 7) is 2.71. The van der Waals surface area contributed by atoms with E-state index < -0.39 is 0 Å². The van der Waals surface area contributed by atoms with Crippen LogP contribution in [0.5, 0.6) is 0 Å². The lowest BCUT2D eigenvalue weighted by atomic mass is 10.3. The Hall–Kier alpha value is -0.720. The molecule has 0 unspecified atom stereocenters. The molecule has 0 amide bonds. The average Bonchev–Trinajstić information content (AvgIpc) is 2.75. The van der Waals surface area contributed by atoms with Crippen LogP contribution in [0, 0.1) is 0 Å². The van der Waals surface area contributed by atoms with E-state index in [1.54, 1.807) is 11.3 Å². The van der Waals surface area contributed by atoms with Crippen molar-refractivity contribution in [2.75, 3.05) is 26.7 Å². The van der Waals surface area contributed by atoms with Crippen molar-refractivity contribution in [1.82, 2.24) is 20.9 Å². The Labute approximate surface area is 99.5 Å². The van der Waals surface area contributed by atoms with Gasteiger partial charge >= 0.3 is 0 Å². The Kier molecular flexibility index (Phi) is 6.22. The fraction of sp³-hybridized carbons (Fsp3) is 0.556. The number of thiazole rings is 1. The van der Waals surface area contributed by atoms with Gasteiger partial charge in [-0.1, -0.05) is 0 Å². The molecule has 0 spiro atoms. The lowest BCUT2D eigenvalue weighted by Gasteiger charge is -2.07. The summed E-state index contributed by atoms with van der Waals surface area (Å²) in [6, 6.07) is 0. The van der Waals surface area contributed by atoms with Crippen LogP contribution in [-0.4, -0.2) is 36.8 Å². The molecule has 15 heavy (non-hydrogen) atoms. The van der Waals surface area contributed by atoms with Gasteiger partial charge in [-0.15, -0.1) is 11.3 Å². The Balaban J connectivity index is 1.91. The summed E-state index contributed by atoms with van der Waals surface area (Å²) < 4.78 is 0. The van der Waals surface area contributed by atoms with E-state index in [2.05, 4.69) is 26.3 Å². The van der Waals surface area contributed by atoms with Gasteiger partial charge in [-0.05, 0) is 12.2 Å². The van der Waals surface area contributed by atoms with Gasteiger partial charge in [0, 0.05) is 38.5 Å². The maximum absolute atomic E-state index is 4.94. The van der Waals surface area contributed by atoms with Gasteiger partial charge in [0.1, 0.15) is 0 Å². The first-order chi connectivity index (χ1) is 7.33. The molecule has 3 N–H and O–H groups in total. The van der Waals surface area contributed by atoms with Crippen molar-refractivity contribution in [3.63, 3.8) is 0 Å². The first-order valence-corrected chi connectivity index (χ1v) is 6.21. The summed E-state index contributed by atoms with van der Waals surface area (Å²) in [7, 11) is 1.81. The van der Waals surface area contributed by atoms with E-state index in [-0.39, 0.29) is 0 Å². The van der Waals surface area contributed by atoms with Crippen molar-refractivity contribution >= 4 is 28.7 Å². The van der Waals surface area contributed by atoms with Crippen LogP contribution in [0.1, 0.15) is 5.69 Å². The number of rotatable bonds is 6. The molecule has 0 aliphatic heterocycles. The molecule has 0 saturated carbocycles. The van der Waals surface area contributed by atoms with Gasteiger partial charge in [-0.25, -0.2) is 4.98 Å². The van der Waals surface area contributed by atoms with E-state index in [9.17, 15) is 0 Å². The molecule has 1 aromatic heterocycles. The minimum Gasteiger partial charge on any atom is -0.366 e. The first kappa shape index (κ1) is 12.4. The Morgan fingerprint density at radius 1 is 1.47 bits per heavy atom. The molecule has 84 valence electrons. The monoisotopic (exact) mass is 244 g/mol. The highest BCUT2D eigenvalue weighted by molar-refractivity contribution is 7.80. The molecule has 1 aromatic rings. The van der Waals surface area contributed by atoms with Crippen molar-refractivity contribution in [2.45, 2.75) is 6.42 Å². The third-order valence-corrected chi connectivity index (χ3v) is 2.84. The summed E-state index contributed by atoms with van der Waals surface area (Å²) in [5.41, 5.74) is 3.02. The zero-order valence-corrected chi connectivity index (χ0v) is 10.4. The van der Waals surface area contributed by atoms with E-state index in [1.165, 1.54) is 0 Å². The predicted molar refractivity (Wildman–Crippen MR) is 68.3 cm³/mol. The maximum Gasteiger partial charge on any atom is 0.166 e. The molecule has 0 saturated heterocycles. The third kappa shape index (κ3) is 5.66. The minimum absolute atomic E-state index is 0.691. The van der Waals surface area contributed by atoms with Gasteiger partial charge < -0.3 is 16.0 Å². The van der Waals surface area contributed by atoms with Crippen molar-refractivity contribution in [3.8, 4) is 0 Å². The van der Waals surface area contributed by atoms with Crippen LogP contribution >= 0.6 is 23.6 Å². The number of hydrogen-bond donors (Lipinski definition) is 3. The normalized spacial score (nSPS) is 9.93. The van der Waals surface area contributed by atoms with Crippen LogP contribution in [0.2, 0.25) is 0 Å². The van der Waals surface area contributed by atoms with Crippen LogP contribution in [0.25, 0.3) is 0 Å². The molecule has 0 atom stereocenters. The molecule has 0 radical (unpaired) electrons. The molecule has 0 aromatic carbocycles. The van der Waals surface area contributed by atoms with Crippen molar-refractivity contribution in [3.05, 3.63) is 16.6 Å². The van der Waals surface area contributed by atoms with E-state index in [0.717, 1.165) is 31.7 Å². The van der Waals surface area contributed by atoms with Gasteiger partial charge in [-0.3, -0.25) is 0 Å². The topological polar surface area (TPSA) is 49.0 Å². The Morgan fingerprint density at radius 3 is 3.00 bits per heavy atom. The zero-order chi connectivity index (χ0) is 10.9. The second kappa shape index (κ2) is 7.56. The summed E-state index contributed by atoms with van der Waals surface area (Å²) in [4.78, 5) is 4.21.